The molecule has 0 bridgehead atoms. The van der Waals surface area contributed by atoms with Gasteiger partial charge in [-0.3, -0.25) is 4.79 Å². The van der Waals surface area contributed by atoms with Crippen LogP contribution in [0.2, 0.25) is 5.02 Å². The summed E-state index contributed by atoms with van der Waals surface area (Å²) in [7, 11) is 1.60. The molecule has 0 aliphatic carbocycles. The first-order valence-corrected chi connectivity index (χ1v) is 8.30. The van der Waals surface area contributed by atoms with Crippen molar-refractivity contribution in [1.29, 1.82) is 0 Å². The average molecular weight is 369 g/mol. The number of amides is 1. The Morgan fingerprint density at radius 2 is 1.69 bits per heavy atom. The number of anilines is 3. The standard InChI is InChI=1S/C19H17ClN4O2/c1-26-14-8-6-13(7-9-14)12-19(25)22-18-11-10-17(23-24-18)21-16-5-3-2-4-15(16)20/h2-11H,12H2,1H3,(H,21,23)(H,22,24,25). The van der Waals surface area contributed by atoms with Gasteiger partial charge in [-0.2, -0.15) is 0 Å². The highest BCUT2D eigenvalue weighted by molar-refractivity contribution is 6.33. The topological polar surface area (TPSA) is 76.1 Å². The summed E-state index contributed by atoms with van der Waals surface area (Å²) in [5, 5.41) is 14.4. The molecule has 0 unspecified atom stereocenters. The Balaban J connectivity index is 1.58. The molecule has 0 saturated carbocycles. The second kappa shape index (κ2) is 8.31. The summed E-state index contributed by atoms with van der Waals surface area (Å²) >= 11 is 6.09. The van der Waals surface area contributed by atoms with Crippen molar-refractivity contribution in [3.63, 3.8) is 0 Å². The molecule has 3 rings (SSSR count). The van der Waals surface area contributed by atoms with Crippen molar-refractivity contribution in [3.05, 3.63) is 71.2 Å². The number of ether oxygens (including phenoxy) is 1. The van der Waals surface area contributed by atoms with Gasteiger partial charge in [-0.05, 0) is 42.0 Å². The molecule has 132 valence electrons. The number of nitrogens with one attached hydrogen (secondary N) is 2. The molecule has 0 atom stereocenters. The maximum Gasteiger partial charge on any atom is 0.229 e. The molecule has 0 radical (unpaired) electrons. The zero-order chi connectivity index (χ0) is 18.4. The Bertz CT molecular complexity index is 883. The summed E-state index contributed by atoms with van der Waals surface area (Å²) in [5.41, 5.74) is 1.62. The third-order valence-electron chi connectivity index (χ3n) is 3.59. The molecule has 6 nitrogen and oxygen atoms in total. The maximum absolute atomic E-state index is 12.1. The van der Waals surface area contributed by atoms with Gasteiger partial charge in [-0.25, -0.2) is 0 Å². The molecule has 1 amide bonds. The van der Waals surface area contributed by atoms with E-state index in [0.29, 0.717) is 16.7 Å². The lowest BCUT2D eigenvalue weighted by molar-refractivity contribution is -0.115. The lowest BCUT2D eigenvalue weighted by atomic mass is 10.1. The number of rotatable bonds is 6. The smallest absolute Gasteiger partial charge is 0.229 e. The van der Waals surface area contributed by atoms with Gasteiger partial charge in [0.05, 0.1) is 24.2 Å². The van der Waals surface area contributed by atoms with Gasteiger partial charge in [0.15, 0.2) is 11.6 Å². The monoisotopic (exact) mass is 368 g/mol. The third kappa shape index (κ3) is 4.70. The molecule has 1 aromatic heterocycles. The molecule has 0 fully saturated rings. The summed E-state index contributed by atoms with van der Waals surface area (Å²) < 4.78 is 5.10. The minimum atomic E-state index is -0.170. The van der Waals surface area contributed by atoms with Crippen molar-refractivity contribution in [2.24, 2.45) is 0 Å². The fourth-order valence-electron chi connectivity index (χ4n) is 2.28. The molecule has 0 aliphatic rings. The van der Waals surface area contributed by atoms with Crippen LogP contribution in [0.3, 0.4) is 0 Å². The molecule has 2 N–H and O–H groups in total. The van der Waals surface area contributed by atoms with Gasteiger partial charge in [0.25, 0.3) is 0 Å². The minimum absolute atomic E-state index is 0.170. The molecule has 3 aromatic rings. The highest BCUT2D eigenvalue weighted by atomic mass is 35.5. The van der Waals surface area contributed by atoms with Gasteiger partial charge in [-0.1, -0.05) is 35.9 Å². The van der Waals surface area contributed by atoms with Crippen LogP contribution < -0.4 is 15.4 Å². The maximum atomic E-state index is 12.1. The summed E-state index contributed by atoms with van der Waals surface area (Å²) in [6.07, 6.45) is 0.241. The number of methoxy groups -OCH3 is 1. The molecule has 0 spiro atoms. The normalized spacial score (nSPS) is 10.2. The predicted molar refractivity (Wildman–Crippen MR) is 102 cm³/mol. The number of carbonyl (C=O) groups is 1. The molecule has 0 saturated heterocycles. The first kappa shape index (κ1) is 17.7. The van der Waals surface area contributed by atoms with Crippen LogP contribution in [0.1, 0.15) is 5.56 Å². The van der Waals surface area contributed by atoms with E-state index in [1.54, 1.807) is 25.3 Å². The number of para-hydroxylation sites is 1. The number of halogens is 1. The Hall–Kier alpha value is -3.12. The second-order valence-electron chi connectivity index (χ2n) is 5.48. The summed E-state index contributed by atoms with van der Waals surface area (Å²) in [6.45, 7) is 0. The SMILES string of the molecule is COc1ccc(CC(=O)Nc2ccc(Nc3ccccc3Cl)nn2)cc1. The largest absolute Gasteiger partial charge is 0.497 e. The molecule has 26 heavy (non-hydrogen) atoms. The first-order chi connectivity index (χ1) is 12.6. The van der Waals surface area contributed by atoms with Gasteiger partial charge < -0.3 is 15.4 Å². The summed E-state index contributed by atoms with van der Waals surface area (Å²) in [4.78, 5) is 12.1. The highest BCUT2D eigenvalue weighted by Crippen LogP contribution is 2.23. The molecule has 1 heterocycles. The predicted octanol–water partition coefficient (Wildman–Crippen LogP) is 4.06. The van der Waals surface area contributed by atoms with Crippen molar-refractivity contribution in [2.75, 3.05) is 17.7 Å². The molecule has 0 aliphatic heterocycles. The van der Waals surface area contributed by atoms with Gasteiger partial charge >= 0.3 is 0 Å². The lowest BCUT2D eigenvalue weighted by Gasteiger charge is -2.08. The summed E-state index contributed by atoms with van der Waals surface area (Å²) in [5.74, 6) is 1.50. The fraction of sp³-hybridized carbons (Fsp3) is 0.105. The van der Waals surface area contributed by atoms with Gasteiger partial charge in [0.1, 0.15) is 5.75 Å². The Kier molecular flexibility index (Phi) is 5.66. The molecule has 2 aromatic carbocycles. The van der Waals surface area contributed by atoms with Crippen molar-refractivity contribution in [1.82, 2.24) is 10.2 Å². The van der Waals surface area contributed by atoms with Crippen LogP contribution in [0.5, 0.6) is 5.75 Å². The molecule has 7 heteroatoms. The van der Waals surface area contributed by atoms with E-state index in [2.05, 4.69) is 20.8 Å². The molecular weight excluding hydrogens is 352 g/mol. The number of hydrogen-bond acceptors (Lipinski definition) is 5. The van der Waals surface area contributed by atoms with Crippen LogP contribution in [0.25, 0.3) is 0 Å². The van der Waals surface area contributed by atoms with E-state index in [9.17, 15) is 4.79 Å². The van der Waals surface area contributed by atoms with Crippen LogP contribution >= 0.6 is 11.6 Å². The average Bonchev–Trinajstić information content (AvgIpc) is 2.66. The van der Waals surface area contributed by atoms with E-state index >= 15 is 0 Å². The van der Waals surface area contributed by atoms with Crippen molar-refractivity contribution < 1.29 is 9.53 Å². The van der Waals surface area contributed by atoms with Crippen LogP contribution in [0.4, 0.5) is 17.3 Å². The van der Waals surface area contributed by atoms with Crippen LogP contribution in [-0.4, -0.2) is 23.2 Å². The fourth-order valence-corrected chi connectivity index (χ4v) is 2.46. The highest BCUT2D eigenvalue weighted by Gasteiger charge is 2.07. The zero-order valence-electron chi connectivity index (χ0n) is 14.1. The van der Waals surface area contributed by atoms with Crippen molar-refractivity contribution >= 4 is 34.8 Å². The van der Waals surface area contributed by atoms with E-state index < -0.39 is 0 Å². The quantitative estimate of drug-likeness (QED) is 0.686. The number of benzene rings is 2. The minimum Gasteiger partial charge on any atom is -0.497 e. The van der Waals surface area contributed by atoms with E-state index in [4.69, 9.17) is 16.3 Å². The summed E-state index contributed by atoms with van der Waals surface area (Å²) in [6, 6.07) is 18.1. The Morgan fingerprint density at radius 3 is 2.35 bits per heavy atom. The first-order valence-electron chi connectivity index (χ1n) is 7.92. The van der Waals surface area contributed by atoms with E-state index in [1.807, 2.05) is 42.5 Å². The van der Waals surface area contributed by atoms with Gasteiger partial charge in [0.2, 0.25) is 5.91 Å². The third-order valence-corrected chi connectivity index (χ3v) is 3.92. The molecular formula is C19H17ClN4O2. The van der Waals surface area contributed by atoms with Crippen molar-refractivity contribution in [2.45, 2.75) is 6.42 Å². The number of hydrogen-bond donors (Lipinski definition) is 2. The van der Waals surface area contributed by atoms with Gasteiger partial charge in [0, 0.05) is 0 Å². The van der Waals surface area contributed by atoms with E-state index in [-0.39, 0.29) is 12.3 Å². The van der Waals surface area contributed by atoms with Crippen LogP contribution in [-0.2, 0) is 11.2 Å². The number of carbonyl (C=O) groups excluding carboxylic acids is 1. The van der Waals surface area contributed by atoms with E-state index in [0.717, 1.165) is 17.0 Å². The Morgan fingerprint density at radius 1 is 1.00 bits per heavy atom. The number of aromatic nitrogens is 2. The van der Waals surface area contributed by atoms with Gasteiger partial charge in [-0.15, -0.1) is 10.2 Å². The van der Waals surface area contributed by atoms with Crippen molar-refractivity contribution in [3.8, 4) is 5.75 Å². The second-order valence-corrected chi connectivity index (χ2v) is 5.89. The zero-order valence-corrected chi connectivity index (χ0v) is 14.8. The van der Waals surface area contributed by atoms with Crippen LogP contribution in [0.15, 0.2) is 60.7 Å². The van der Waals surface area contributed by atoms with Crippen LogP contribution in [0, 0.1) is 0 Å². The Labute approximate surface area is 156 Å². The van der Waals surface area contributed by atoms with E-state index in [1.165, 1.54) is 0 Å². The number of nitrogens with zero attached hydrogens (tertiary/aromatic N) is 2. The lowest BCUT2D eigenvalue weighted by Crippen LogP contribution is -2.15.